The molecule has 96 valence electrons. The van der Waals surface area contributed by atoms with Gasteiger partial charge in [-0.2, -0.15) is 0 Å². The third kappa shape index (κ3) is 3.11. The van der Waals surface area contributed by atoms with Gasteiger partial charge in [0.25, 0.3) is 0 Å². The number of hydrogen-bond donors (Lipinski definition) is 0. The molecule has 2 aromatic heterocycles. The lowest BCUT2D eigenvalue weighted by molar-refractivity contribution is 0.413. The Labute approximate surface area is 123 Å². The maximum absolute atomic E-state index is 5.26. The van der Waals surface area contributed by atoms with Crippen molar-refractivity contribution in [2.75, 3.05) is 0 Å². The number of thioether (sulfide) groups is 1. The lowest BCUT2D eigenvalue weighted by Gasteiger charge is -1.98. The van der Waals surface area contributed by atoms with Gasteiger partial charge in [-0.3, -0.25) is 0 Å². The molecular formula is C14H10BrNO2S. The van der Waals surface area contributed by atoms with Gasteiger partial charge in [-0.05, 0) is 36.4 Å². The van der Waals surface area contributed by atoms with Gasteiger partial charge in [0.15, 0.2) is 5.76 Å². The van der Waals surface area contributed by atoms with E-state index in [2.05, 4.69) is 33.2 Å². The van der Waals surface area contributed by atoms with Gasteiger partial charge < -0.3 is 8.94 Å². The lowest BCUT2D eigenvalue weighted by atomic mass is 10.3. The average Bonchev–Trinajstić information content (AvgIpc) is 3.09. The van der Waals surface area contributed by atoms with E-state index in [1.165, 1.54) is 4.90 Å². The van der Waals surface area contributed by atoms with E-state index in [1.54, 1.807) is 18.0 Å². The minimum atomic E-state index is 0.663. The quantitative estimate of drug-likeness (QED) is 0.629. The molecule has 0 amide bonds. The molecule has 1 aromatic carbocycles. The summed E-state index contributed by atoms with van der Waals surface area (Å²) in [7, 11) is 0. The molecule has 2 heterocycles. The van der Waals surface area contributed by atoms with Crippen LogP contribution in [0.3, 0.4) is 0 Å². The minimum absolute atomic E-state index is 0.663. The fraction of sp³-hybridized carbons (Fsp3) is 0.0714. The molecule has 5 heteroatoms. The first-order chi connectivity index (χ1) is 9.31. The zero-order valence-corrected chi connectivity index (χ0v) is 12.3. The Balaban J connectivity index is 1.66. The number of nitrogens with zero attached hydrogens (tertiary/aromatic N) is 1. The molecule has 0 saturated heterocycles. The number of benzene rings is 1. The second-order valence-electron chi connectivity index (χ2n) is 3.90. The molecule has 0 aliphatic heterocycles. The third-order valence-corrected chi connectivity index (χ3v) is 4.10. The highest BCUT2D eigenvalue weighted by molar-refractivity contribution is 9.10. The molecule has 0 aliphatic rings. The van der Waals surface area contributed by atoms with Gasteiger partial charge in [-0.1, -0.05) is 21.1 Å². The van der Waals surface area contributed by atoms with Crippen LogP contribution in [0.15, 0.2) is 67.0 Å². The van der Waals surface area contributed by atoms with Gasteiger partial charge >= 0.3 is 0 Å². The zero-order valence-electron chi connectivity index (χ0n) is 9.88. The molecule has 0 bridgehead atoms. The maximum atomic E-state index is 5.26. The van der Waals surface area contributed by atoms with E-state index < -0.39 is 0 Å². The standard InChI is InChI=1S/C14H10BrNO2S/c15-10-3-5-12(6-4-10)19-9-11-8-14(18-16-11)13-2-1-7-17-13/h1-8H,9H2. The molecule has 3 nitrogen and oxygen atoms in total. The zero-order chi connectivity index (χ0) is 13.1. The van der Waals surface area contributed by atoms with Gasteiger partial charge in [0.1, 0.15) is 0 Å². The van der Waals surface area contributed by atoms with Crippen LogP contribution in [0.1, 0.15) is 5.69 Å². The molecule has 3 rings (SSSR count). The molecule has 0 radical (unpaired) electrons. The fourth-order valence-electron chi connectivity index (χ4n) is 1.60. The summed E-state index contributed by atoms with van der Waals surface area (Å²) in [6.07, 6.45) is 1.62. The van der Waals surface area contributed by atoms with Crippen LogP contribution in [0, 0.1) is 0 Å². The highest BCUT2D eigenvalue weighted by Crippen LogP contribution is 2.26. The summed E-state index contributed by atoms with van der Waals surface area (Å²) in [5.41, 5.74) is 0.902. The molecule has 0 aliphatic carbocycles. The first-order valence-electron chi connectivity index (χ1n) is 5.69. The number of rotatable bonds is 4. The van der Waals surface area contributed by atoms with Crippen LogP contribution in [0.4, 0.5) is 0 Å². The van der Waals surface area contributed by atoms with Crippen molar-refractivity contribution in [3.8, 4) is 11.5 Å². The van der Waals surface area contributed by atoms with Crippen molar-refractivity contribution >= 4 is 27.7 Å². The molecule has 0 N–H and O–H groups in total. The van der Waals surface area contributed by atoms with E-state index in [0.717, 1.165) is 15.9 Å². The Morgan fingerprint density at radius 3 is 2.68 bits per heavy atom. The Hall–Kier alpha value is -1.46. The number of furan rings is 1. The van der Waals surface area contributed by atoms with Gasteiger partial charge in [0.05, 0.1) is 12.0 Å². The molecule has 0 saturated carbocycles. The van der Waals surface area contributed by atoms with Crippen molar-refractivity contribution in [2.24, 2.45) is 0 Å². The van der Waals surface area contributed by atoms with E-state index in [4.69, 9.17) is 8.94 Å². The summed E-state index contributed by atoms with van der Waals surface area (Å²) in [6.45, 7) is 0. The number of hydrogen-bond acceptors (Lipinski definition) is 4. The average molecular weight is 336 g/mol. The highest BCUT2D eigenvalue weighted by Gasteiger charge is 2.09. The van der Waals surface area contributed by atoms with Crippen LogP contribution in [0.25, 0.3) is 11.5 Å². The minimum Gasteiger partial charge on any atom is -0.461 e. The van der Waals surface area contributed by atoms with Crippen LogP contribution in [-0.4, -0.2) is 5.16 Å². The SMILES string of the molecule is Brc1ccc(SCc2cc(-c3ccco3)on2)cc1. The normalized spacial score (nSPS) is 10.8. The van der Waals surface area contributed by atoms with Crippen molar-refractivity contribution in [1.29, 1.82) is 0 Å². The van der Waals surface area contributed by atoms with Gasteiger partial charge in [-0.15, -0.1) is 11.8 Å². The van der Waals surface area contributed by atoms with E-state index >= 15 is 0 Å². The highest BCUT2D eigenvalue weighted by atomic mass is 79.9. The smallest absolute Gasteiger partial charge is 0.202 e. The second-order valence-corrected chi connectivity index (χ2v) is 5.87. The fourth-order valence-corrected chi connectivity index (χ4v) is 2.65. The van der Waals surface area contributed by atoms with Gasteiger partial charge in [0.2, 0.25) is 5.76 Å². The van der Waals surface area contributed by atoms with E-state index in [0.29, 0.717) is 11.5 Å². The first-order valence-corrected chi connectivity index (χ1v) is 7.47. The Bertz CT molecular complexity index is 646. The summed E-state index contributed by atoms with van der Waals surface area (Å²) in [6, 6.07) is 13.8. The summed E-state index contributed by atoms with van der Waals surface area (Å²) in [5.74, 6) is 2.13. The third-order valence-electron chi connectivity index (χ3n) is 2.52. The van der Waals surface area contributed by atoms with Crippen molar-refractivity contribution in [3.05, 3.63) is 58.9 Å². The maximum Gasteiger partial charge on any atom is 0.202 e. The summed E-state index contributed by atoms with van der Waals surface area (Å²) < 4.78 is 11.6. The number of halogens is 1. The van der Waals surface area contributed by atoms with Crippen molar-refractivity contribution in [1.82, 2.24) is 5.16 Å². The molecule has 19 heavy (non-hydrogen) atoms. The molecule has 0 spiro atoms. The van der Waals surface area contributed by atoms with Gasteiger partial charge in [0, 0.05) is 21.2 Å². The Morgan fingerprint density at radius 2 is 1.95 bits per heavy atom. The van der Waals surface area contributed by atoms with Crippen molar-refractivity contribution in [3.63, 3.8) is 0 Å². The van der Waals surface area contributed by atoms with Crippen molar-refractivity contribution < 1.29 is 8.94 Å². The van der Waals surface area contributed by atoms with E-state index in [1.807, 2.05) is 30.3 Å². The van der Waals surface area contributed by atoms with Crippen LogP contribution >= 0.6 is 27.7 Å². The molecule has 3 aromatic rings. The molecule has 0 unspecified atom stereocenters. The predicted octanol–water partition coefficient (Wildman–Crippen LogP) is 4.99. The number of aromatic nitrogens is 1. The lowest BCUT2D eigenvalue weighted by Crippen LogP contribution is -1.79. The molecular weight excluding hydrogens is 326 g/mol. The summed E-state index contributed by atoms with van der Waals surface area (Å²) in [4.78, 5) is 1.20. The van der Waals surface area contributed by atoms with Crippen LogP contribution in [0.2, 0.25) is 0 Å². The summed E-state index contributed by atoms with van der Waals surface area (Å²) >= 11 is 5.14. The van der Waals surface area contributed by atoms with E-state index in [9.17, 15) is 0 Å². The monoisotopic (exact) mass is 335 g/mol. The topological polar surface area (TPSA) is 39.2 Å². The Kier molecular flexibility index (Phi) is 3.75. The van der Waals surface area contributed by atoms with Gasteiger partial charge in [-0.25, -0.2) is 0 Å². The largest absolute Gasteiger partial charge is 0.461 e. The predicted molar refractivity (Wildman–Crippen MR) is 77.9 cm³/mol. The molecule has 0 fully saturated rings. The van der Waals surface area contributed by atoms with Crippen LogP contribution in [-0.2, 0) is 5.75 Å². The summed E-state index contributed by atoms with van der Waals surface area (Å²) in [5, 5.41) is 4.04. The Morgan fingerprint density at radius 1 is 1.11 bits per heavy atom. The first kappa shape index (κ1) is 12.6. The molecule has 0 atom stereocenters. The second kappa shape index (κ2) is 5.67. The van der Waals surface area contributed by atoms with Crippen LogP contribution in [0.5, 0.6) is 0 Å². The van der Waals surface area contributed by atoms with Crippen molar-refractivity contribution in [2.45, 2.75) is 10.6 Å². The van der Waals surface area contributed by atoms with E-state index in [-0.39, 0.29) is 0 Å². The van der Waals surface area contributed by atoms with Crippen LogP contribution < -0.4 is 0 Å².